The van der Waals surface area contributed by atoms with Crippen LogP contribution in [-0.4, -0.2) is 13.1 Å². The van der Waals surface area contributed by atoms with Crippen molar-refractivity contribution in [2.45, 2.75) is 19.8 Å². The summed E-state index contributed by atoms with van der Waals surface area (Å²) in [6.07, 6.45) is 2.03. The number of methoxy groups -OCH3 is 1. The van der Waals surface area contributed by atoms with E-state index in [4.69, 9.17) is 0 Å². The molecule has 1 aromatic carbocycles. The Bertz CT molecular complexity index is 329. The van der Waals surface area contributed by atoms with E-state index in [0.717, 1.165) is 24.0 Å². The third-order valence-electron chi connectivity index (χ3n) is 2.01. The minimum Gasteiger partial charge on any atom is -0.465 e. The van der Waals surface area contributed by atoms with Gasteiger partial charge in [-0.25, -0.2) is 4.79 Å². The Morgan fingerprint density at radius 3 is 2.71 bits per heavy atom. The summed E-state index contributed by atoms with van der Waals surface area (Å²) in [5.41, 5.74) is 2.58. The van der Waals surface area contributed by atoms with Gasteiger partial charge in [0.2, 0.25) is 0 Å². The zero-order valence-electron chi connectivity index (χ0n) is 8.67. The van der Waals surface area contributed by atoms with Crippen molar-refractivity contribution in [3.8, 4) is 0 Å². The molecule has 0 saturated heterocycles. The van der Waals surface area contributed by atoms with Gasteiger partial charge in [0.05, 0.1) is 12.7 Å². The normalized spacial score (nSPS) is 9.93. The van der Waals surface area contributed by atoms with Crippen LogP contribution >= 0.6 is 0 Å². The smallest absolute Gasteiger partial charge is 0.337 e. The van der Waals surface area contributed by atoms with Crippen molar-refractivity contribution in [1.82, 2.24) is 0 Å². The molecule has 0 unspecified atom stereocenters. The topological polar surface area (TPSA) is 26.3 Å². The second kappa shape index (κ2) is 4.80. The number of ether oxygens (including phenoxy) is 1. The number of rotatable bonds is 3. The van der Waals surface area contributed by atoms with Crippen molar-refractivity contribution in [2.24, 2.45) is 0 Å². The van der Waals surface area contributed by atoms with Gasteiger partial charge in [0, 0.05) is 0 Å². The van der Waals surface area contributed by atoms with Crippen LogP contribution in [0.15, 0.2) is 18.2 Å². The van der Waals surface area contributed by atoms with E-state index in [9.17, 15) is 4.79 Å². The molecule has 0 N–H and O–H groups in total. The fourth-order valence-corrected chi connectivity index (χ4v) is 1.43. The average Bonchev–Trinajstić information content (AvgIpc) is 2.16. The van der Waals surface area contributed by atoms with E-state index in [1.54, 1.807) is 6.07 Å². The van der Waals surface area contributed by atoms with Gasteiger partial charge >= 0.3 is 5.97 Å². The predicted molar refractivity (Wildman–Crippen MR) is 56.2 cm³/mol. The predicted octanol–water partition coefficient (Wildman–Crippen LogP) is 2.61. The number of hydrogen-bond acceptors (Lipinski definition) is 2. The molecular formula is C12H15O2. The molecule has 0 heterocycles. The first kappa shape index (κ1) is 10.8. The third kappa shape index (κ3) is 2.59. The van der Waals surface area contributed by atoms with Crippen LogP contribution in [0.2, 0.25) is 0 Å². The molecule has 0 saturated carbocycles. The molecule has 0 atom stereocenters. The first-order chi connectivity index (χ1) is 6.67. The molecule has 0 aliphatic heterocycles. The summed E-state index contributed by atoms with van der Waals surface area (Å²) >= 11 is 0. The molecular weight excluding hydrogens is 176 g/mol. The molecule has 0 aromatic heterocycles. The van der Waals surface area contributed by atoms with E-state index in [2.05, 4.69) is 18.6 Å². The molecule has 2 heteroatoms. The highest BCUT2D eigenvalue weighted by molar-refractivity contribution is 5.89. The molecule has 0 amide bonds. The molecule has 0 aliphatic rings. The van der Waals surface area contributed by atoms with Crippen molar-refractivity contribution >= 4 is 5.97 Å². The van der Waals surface area contributed by atoms with Crippen molar-refractivity contribution < 1.29 is 9.53 Å². The molecule has 75 valence electrons. The summed E-state index contributed by atoms with van der Waals surface area (Å²) in [6, 6.07) is 5.60. The van der Waals surface area contributed by atoms with Crippen molar-refractivity contribution in [2.75, 3.05) is 7.11 Å². The quantitative estimate of drug-likeness (QED) is 0.686. The second-order valence-corrected chi connectivity index (χ2v) is 3.28. The first-order valence-corrected chi connectivity index (χ1v) is 4.71. The molecule has 1 rings (SSSR count). The number of aryl methyl sites for hydroxylation is 1. The maximum Gasteiger partial charge on any atom is 0.337 e. The number of esters is 1. The zero-order chi connectivity index (χ0) is 10.6. The van der Waals surface area contributed by atoms with Crippen LogP contribution in [0, 0.1) is 6.92 Å². The van der Waals surface area contributed by atoms with Crippen LogP contribution in [0.5, 0.6) is 0 Å². The van der Waals surface area contributed by atoms with Crippen LogP contribution in [-0.2, 0) is 11.2 Å². The van der Waals surface area contributed by atoms with E-state index in [1.165, 1.54) is 7.11 Å². The summed E-state index contributed by atoms with van der Waals surface area (Å²) in [7, 11) is 1.39. The lowest BCUT2D eigenvalue weighted by Gasteiger charge is -2.04. The van der Waals surface area contributed by atoms with Gasteiger partial charge in [-0.3, -0.25) is 0 Å². The highest BCUT2D eigenvalue weighted by Crippen LogP contribution is 2.12. The van der Waals surface area contributed by atoms with Gasteiger partial charge in [0.25, 0.3) is 0 Å². The summed E-state index contributed by atoms with van der Waals surface area (Å²) < 4.78 is 4.66. The highest BCUT2D eigenvalue weighted by atomic mass is 16.5. The summed E-state index contributed by atoms with van der Waals surface area (Å²) in [5, 5.41) is 0. The number of hydrogen-bond donors (Lipinski definition) is 0. The second-order valence-electron chi connectivity index (χ2n) is 3.28. The Hall–Kier alpha value is -1.31. The largest absolute Gasteiger partial charge is 0.465 e. The molecule has 0 fully saturated rings. The van der Waals surface area contributed by atoms with E-state index < -0.39 is 0 Å². The van der Waals surface area contributed by atoms with Gasteiger partial charge < -0.3 is 4.74 Å². The molecule has 1 radical (unpaired) electrons. The van der Waals surface area contributed by atoms with Gasteiger partial charge in [-0.15, -0.1) is 0 Å². The van der Waals surface area contributed by atoms with Gasteiger partial charge in [-0.2, -0.15) is 0 Å². The van der Waals surface area contributed by atoms with Crippen LogP contribution in [0.25, 0.3) is 0 Å². The SMILES string of the molecule is [CH2]c1cc(CCC)cc(C(=O)OC)c1. The Morgan fingerprint density at radius 1 is 1.43 bits per heavy atom. The minimum atomic E-state index is -0.298. The maximum absolute atomic E-state index is 11.3. The summed E-state index contributed by atoms with van der Waals surface area (Å²) in [6.45, 7) is 5.94. The Balaban J connectivity index is 3.00. The standard InChI is InChI=1S/C12H15O2/c1-4-5-10-6-9(2)7-11(8-10)12(13)14-3/h6-8H,2,4-5H2,1,3H3. The number of benzene rings is 1. The fraction of sp³-hybridized carbons (Fsp3) is 0.333. The first-order valence-electron chi connectivity index (χ1n) is 4.71. The van der Waals surface area contributed by atoms with E-state index in [1.807, 2.05) is 12.1 Å². The van der Waals surface area contributed by atoms with Crippen molar-refractivity contribution in [3.63, 3.8) is 0 Å². The lowest BCUT2D eigenvalue weighted by atomic mass is 10.0. The average molecular weight is 191 g/mol. The monoisotopic (exact) mass is 191 g/mol. The van der Waals surface area contributed by atoms with Crippen LogP contribution in [0.1, 0.15) is 34.8 Å². The van der Waals surface area contributed by atoms with Crippen molar-refractivity contribution in [1.29, 1.82) is 0 Å². The number of carbonyl (C=O) groups is 1. The highest BCUT2D eigenvalue weighted by Gasteiger charge is 2.06. The molecule has 0 aliphatic carbocycles. The Labute approximate surface area is 84.9 Å². The van der Waals surface area contributed by atoms with Crippen LogP contribution < -0.4 is 0 Å². The summed E-state index contributed by atoms with van der Waals surface area (Å²) in [5.74, 6) is -0.298. The third-order valence-corrected chi connectivity index (χ3v) is 2.01. The molecule has 2 nitrogen and oxygen atoms in total. The van der Waals surface area contributed by atoms with Gasteiger partial charge in [0.15, 0.2) is 0 Å². The molecule has 1 aromatic rings. The summed E-state index contributed by atoms with van der Waals surface area (Å²) in [4.78, 5) is 11.3. The van der Waals surface area contributed by atoms with E-state index in [0.29, 0.717) is 5.56 Å². The minimum absolute atomic E-state index is 0.298. The van der Waals surface area contributed by atoms with Crippen molar-refractivity contribution in [3.05, 3.63) is 41.8 Å². The fourth-order valence-electron chi connectivity index (χ4n) is 1.43. The molecule has 0 spiro atoms. The Kier molecular flexibility index (Phi) is 3.69. The van der Waals surface area contributed by atoms with Crippen LogP contribution in [0.3, 0.4) is 0 Å². The van der Waals surface area contributed by atoms with Gasteiger partial charge in [0.1, 0.15) is 0 Å². The lowest BCUT2D eigenvalue weighted by Crippen LogP contribution is -2.02. The van der Waals surface area contributed by atoms with Crippen LogP contribution in [0.4, 0.5) is 0 Å². The number of carbonyl (C=O) groups excluding carboxylic acids is 1. The van der Waals surface area contributed by atoms with Gasteiger partial charge in [-0.1, -0.05) is 19.4 Å². The Morgan fingerprint density at radius 2 is 2.14 bits per heavy atom. The van der Waals surface area contributed by atoms with E-state index >= 15 is 0 Å². The molecule has 14 heavy (non-hydrogen) atoms. The maximum atomic E-state index is 11.3. The lowest BCUT2D eigenvalue weighted by molar-refractivity contribution is 0.0600. The molecule has 0 bridgehead atoms. The zero-order valence-corrected chi connectivity index (χ0v) is 8.67. The van der Waals surface area contributed by atoms with Gasteiger partial charge in [-0.05, 0) is 36.6 Å². The van der Waals surface area contributed by atoms with E-state index in [-0.39, 0.29) is 5.97 Å².